The van der Waals surface area contributed by atoms with E-state index in [9.17, 15) is 0 Å². The number of morpholine rings is 1. The van der Waals surface area contributed by atoms with Crippen LogP contribution in [0.4, 0.5) is 11.6 Å². The zero-order valence-corrected chi connectivity index (χ0v) is 17.1. The lowest BCUT2D eigenvalue weighted by Gasteiger charge is -2.36. The molecule has 2 saturated heterocycles. The molecule has 3 heterocycles. The van der Waals surface area contributed by atoms with Crippen molar-refractivity contribution in [2.75, 3.05) is 68.8 Å². The second-order valence-electron chi connectivity index (χ2n) is 7.04. The number of rotatable bonds is 5. The molecule has 4 rings (SSSR count). The fraction of sp³-hybridized carbons (Fsp3) is 0.500. The van der Waals surface area contributed by atoms with E-state index in [1.54, 1.807) is 6.33 Å². The highest BCUT2D eigenvalue weighted by Gasteiger charge is 2.20. The molecule has 2 fully saturated rings. The normalized spacial score (nSPS) is 18.7. The minimum Gasteiger partial charge on any atom is -0.378 e. The topological polar surface area (TPSA) is 44.7 Å². The summed E-state index contributed by atoms with van der Waals surface area (Å²) >= 11 is 3.50. The number of hydrogen-bond acceptors (Lipinski definition) is 6. The average Bonchev–Trinajstić information content (AvgIpc) is 2.74. The van der Waals surface area contributed by atoms with Gasteiger partial charge in [-0.3, -0.25) is 4.90 Å². The van der Waals surface area contributed by atoms with Crippen molar-refractivity contribution in [2.45, 2.75) is 6.42 Å². The molecule has 2 aromatic rings. The Morgan fingerprint density at radius 2 is 1.48 bits per heavy atom. The molecule has 27 heavy (non-hydrogen) atoms. The van der Waals surface area contributed by atoms with Crippen LogP contribution in [-0.2, 0) is 11.2 Å². The zero-order chi connectivity index (χ0) is 18.5. The monoisotopic (exact) mass is 431 g/mol. The summed E-state index contributed by atoms with van der Waals surface area (Å²) in [7, 11) is 0. The van der Waals surface area contributed by atoms with E-state index in [0.717, 1.165) is 81.6 Å². The molecule has 0 bridgehead atoms. The summed E-state index contributed by atoms with van der Waals surface area (Å²) in [4.78, 5) is 16.2. The van der Waals surface area contributed by atoms with Gasteiger partial charge in [-0.1, -0.05) is 28.1 Å². The molecular formula is C20H26BrN5O. The van der Waals surface area contributed by atoms with Crippen molar-refractivity contribution in [3.05, 3.63) is 46.7 Å². The summed E-state index contributed by atoms with van der Waals surface area (Å²) in [6.45, 7) is 8.65. The number of aromatic nitrogens is 2. The predicted octanol–water partition coefficient (Wildman–Crippen LogP) is 2.44. The van der Waals surface area contributed by atoms with Gasteiger partial charge in [0.1, 0.15) is 18.0 Å². The van der Waals surface area contributed by atoms with Crippen molar-refractivity contribution in [2.24, 2.45) is 0 Å². The van der Waals surface area contributed by atoms with E-state index in [1.807, 2.05) is 0 Å². The van der Waals surface area contributed by atoms with Crippen molar-refractivity contribution >= 4 is 27.6 Å². The first kappa shape index (κ1) is 18.7. The molecule has 0 spiro atoms. The first-order chi connectivity index (χ1) is 13.3. The van der Waals surface area contributed by atoms with Crippen LogP contribution in [0.15, 0.2) is 41.1 Å². The maximum atomic E-state index is 5.44. The third kappa shape index (κ3) is 4.97. The number of piperazine rings is 1. The Bertz CT molecular complexity index is 727. The van der Waals surface area contributed by atoms with Gasteiger partial charge in [0.05, 0.1) is 13.2 Å². The molecule has 0 atom stereocenters. The molecule has 2 aliphatic rings. The van der Waals surface area contributed by atoms with E-state index in [2.05, 4.69) is 70.9 Å². The molecular weight excluding hydrogens is 406 g/mol. The summed E-state index contributed by atoms with van der Waals surface area (Å²) in [5.41, 5.74) is 1.39. The minimum absolute atomic E-state index is 0.774. The first-order valence-electron chi connectivity index (χ1n) is 9.64. The van der Waals surface area contributed by atoms with Crippen LogP contribution in [0.25, 0.3) is 0 Å². The maximum Gasteiger partial charge on any atom is 0.134 e. The maximum absolute atomic E-state index is 5.44. The Balaban J connectivity index is 1.29. The fourth-order valence-corrected chi connectivity index (χ4v) is 3.88. The lowest BCUT2D eigenvalue weighted by molar-refractivity contribution is 0.122. The molecule has 0 unspecified atom stereocenters. The third-order valence-electron chi connectivity index (χ3n) is 5.30. The molecule has 1 aromatic heterocycles. The fourth-order valence-electron chi connectivity index (χ4n) is 3.61. The second-order valence-corrected chi connectivity index (χ2v) is 7.95. The van der Waals surface area contributed by atoms with E-state index in [0.29, 0.717) is 0 Å². The standard InChI is InChI=1S/C20H26BrN5O/c21-18-3-1-17(2-4-18)5-6-24-7-9-25(10-8-24)19-15-20(23-16-22-19)26-11-13-27-14-12-26/h1-4,15-16H,5-14H2. The number of benzene rings is 1. The van der Waals surface area contributed by atoms with Crippen molar-refractivity contribution in [3.8, 4) is 0 Å². The Morgan fingerprint density at radius 3 is 2.15 bits per heavy atom. The van der Waals surface area contributed by atoms with Gasteiger partial charge in [0.25, 0.3) is 0 Å². The minimum atomic E-state index is 0.774. The zero-order valence-electron chi connectivity index (χ0n) is 15.6. The van der Waals surface area contributed by atoms with Crippen molar-refractivity contribution in [1.82, 2.24) is 14.9 Å². The van der Waals surface area contributed by atoms with Gasteiger partial charge in [-0.25, -0.2) is 9.97 Å². The average molecular weight is 432 g/mol. The molecule has 0 amide bonds. The highest BCUT2D eigenvalue weighted by Crippen LogP contribution is 2.20. The lowest BCUT2D eigenvalue weighted by Crippen LogP contribution is -2.47. The van der Waals surface area contributed by atoms with Crippen molar-refractivity contribution in [3.63, 3.8) is 0 Å². The molecule has 2 aliphatic heterocycles. The van der Waals surface area contributed by atoms with Gasteiger partial charge >= 0.3 is 0 Å². The Morgan fingerprint density at radius 1 is 0.852 bits per heavy atom. The SMILES string of the molecule is Brc1ccc(CCN2CCN(c3cc(N4CCOCC4)ncn3)CC2)cc1. The van der Waals surface area contributed by atoms with Gasteiger partial charge < -0.3 is 14.5 Å². The molecule has 6 nitrogen and oxygen atoms in total. The van der Waals surface area contributed by atoms with E-state index < -0.39 is 0 Å². The van der Waals surface area contributed by atoms with Crippen LogP contribution in [0.2, 0.25) is 0 Å². The summed E-state index contributed by atoms with van der Waals surface area (Å²) in [5, 5.41) is 0. The Hall–Kier alpha value is -1.70. The largest absolute Gasteiger partial charge is 0.378 e. The molecule has 7 heteroatoms. The van der Waals surface area contributed by atoms with Crippen LogP contribution in [0.3, 0.4) is 0 Å². The quantitative estimate of drug-likeness (QED) is 0.724. The summed E-state index contributed by atoms with van der Waals surface area (Å²) < 4.78 is 6.58. The molecule has 1 aromatic carbocycles. The van der Waals surface area contributed by atoms with Crippen LogP contribution in [0.1, 0.15) is 5.56 Å². The number of anilines is 2. The number of hydrogen-bond donors (Lipinski definition) is 0. The molecule has 0 radical (unpaired) electrons. The van der Waals surface area contributed by atoms with Crippen molar-refractivity contribution in [1.29, 1.82) is 0 Å². The molecule has 0 aliphatic carbocycles. The number of halogens is 1. The van der Waals surface area contributed by atoms with E-state index in [4.69, 9.17) is 4.74 Å². The van der Waals surface area contributed by atoms with Crippen LogP contribution in [0, 0.1) is 0 Å². The molecule has 0 N–H and O–H groups in total. The summed E-state index contributed by atoms with van der Waals surface area (Å²) in [5.74, 6) is 2.06. The van der Waals surface area contributed by atoms with Gasteiger partial charge in [0.15, 0.2) is 0 Å². The highest BCUT2D eigenvalue weighted by atomic mass is 79.9. The second kappa shape index (κ2) is 8.99. The predicted molar refractivity (Wildman–Crippen MR) is 112 cm³/mol. The van der Waals surface area contributed by atoms with Crippen LogP contribution >= 0.6 is 15.9 Å². The van der Waals surface area contributed by atoms with Gasteiger partial charge in [-0.05, 0) is 24.1 Å². The first-order valence-corrected chi connectivity index (χ1v) is 10.4. The van der Waals surface area contributed by atoms with Gasteiger partial charge in [-0.15, -0.1) is 0 Å². The third-order valence-corrected chi connectivity index (χ3v) is 5.83. The lowest BCUT2D eigenvalue weighted by atomic mass is 10.1. The smallest absolute Gasteiger partial charge is 0.134 e. The molecule has 144 valence electrons. The van der Waals surface area contributed by atoms with Gasteiger partial charge in [-0.2, -0.15) is 0 Å². The van der Waals surface area contributed by atoms with Crippen LogP contribution in [-0.4, -0.2) is 73.9 Å². The highest BCUT2D eigenvalue weighted by molar-refractivity contribution is 9.10. The van der Waals surface area contributed by atoms with Crippen LogP contribution in [0.5, 0.6) is 0 Å². The number of ether oxygens (including phenoxy) is 1. The van der Waals surface area contributed by atoms with Crippen LogP contribution < -0.4 is 9.80 Å². The Labute approximate surface area is 169 Å². The van der Waals surface area contributed by atoms with Gasteiger partial charge in [0, 0.05) is 56.4 Å². The van der Waals surface area contributed by atoms with Crippen molar-refractivity contribution < 1.29 is 4.74 Å². The van der Waals surface area contributed by atoms with E-state index >= 15 is 0 Å². The van der Waals surface area contributed by atoms with E-state index in [-0.39, 0.29) is 0 Å². The molecule has 0 saturated carbocycles. The summed E-state index contributed by atoms with van der Waals surface area (Å²) in [6.07, 6.45) is 2.79. The van der Waals surface area contributed by atoms with E-state index in [1.165, 1.54) is 5.56 Å². The van der Waals surface area contributed by atoms with Gasteiger partial charge in [0.2, 0.25) is 0 Å². The Kier molecular flexibility index (Phi) is 6.21. The summed E-state index contributed by atoms with van der Waals surface area (Å²) in [6, 6.07) is 10.8. The number of nitrogens with zero attached hydrogens (tertiary/aromatic N) is 5.